The van der Waals surface area contributed by atoms with E-state index >= 15 is 0 Å². The van der Waals surface area contributed by atoms with Crippen LogP contribution in [0.4, 0.5) is 5.69 Å². The van der Waals surface area contributed by atoms with Gasteiger partial charge in [0, 0.05) is 18.0 Å². The van der Waals surface area contributed by atoms with Gasteiger partial charge < -0.3 is 10.0 Å². The van der Waals surface area contributed by atoms with Crippen LogP contribution in [0.25, 0.3) is 10.9 Å². The molecule has 2 aromatic rings. The number of fused-ring (bicyclic) bond motifs is 1. The molecule has 1 saturated heterocycles. The van der Waals surface area contributed by atoms with Crippen LogP contribution in [-0.4, -0.2) is 33.9 Å². The zero-order valence-electron chi connectivity index (χ0n) is 10.7. The van der Waals surface area contributed by atoms with Gasteiger partial charge in [0.1, 0.15) is 0 Å². The molecule has 3 rings (SSSR count). The molecule has 1 aromatic heterocycles. The second kappa shape index (κ2) is 4.50. The first-order valence-corrected chi connectivity index (χ1v) is 6.44. The van der Waals surface area contributed by atoms with Crippen LogP contribution in [-0.2, 0) is 0 Å². The average molecular weight is 257 g/mol. The van der Waals surface area contributed by atoms with Gasteiger partial charge in [0.05, 0.1) is 11.2 Å². The molecule has 1 N–H and O–H groups in total. The van der Waals surface area contributed by atoms with E-state index in [1.54, 1.807) is 0 Å². The van der Waals surface area contributed by atoms with Gasteiger partial charge in [-0.3, -0.25) is 0 Å². The Kier molecular flexibility index (Phi) is 2.81. The lowest BCUT2D eigenvalue weighted by molar-refractivity contribution is 0.0690. The largest absolute Gasteiger partial charge is 0.476 e. The molecule has 5 nitrogen and oxygen atoms in total. The molecule has 0 radical (unpaired) electrons. The molecule has 1 aliphatic heterocycles. The Balaban J connectivity index is 2.28. The van der Waals surface area contributed by atoms with Crippen molar-refractivity contribution >= 4 is 22.6 Å². The standard InChI is InChI=1S/C14H15N3O2/c1-9-5-4-8-17(9)13-10-6-2-3-7-11(10)15-16-12(13)14(18)19/h2-3,6-7,9H,4-5,8H2,1H3,(H,18,19). The zero-order valence-corrected chi connectivity index (χ0v) is 10.7. The number of rotatable bonds is 2. The second-order valence-corrected chi connectivity index (χ2v) is 4.90. The lowest BCUT2D eigenvalue weighted by Crippen LogP contribution is -2.29. The van der Waals surface area contributed by atoms with Crippen LogP contribution in [0.15, 0.2) is 24.3 Å². The molecule has 1 unspecified atom stereocenters. The molecule has 1 aromatic carbocycles. The molecule has 0 aliphatic carbocycles. The number of carboxylic acid groups (broad SMARTS) is 1. The molecule has 0 bridgehead atoms. The lowest BCUT2D eigenvalue weighted by Gasteiger charge is -2.25. The highest BCUT2D eigenvalue weighted by Gasteiger charge is 2.28. The van der Waals surface area contributed by atoms with Crippen LogP contribution < -0.4 is 4.90 Å². The van der Waals surface area contributed by atoms with E-state index < -0.39 is 5.97 Å². The van der Waals surface area contributed by atoms with E-state index in [1.807, 2.05) is 24.3 Å². The maximum Gasteiger partial charge on any atom is 0.358 e. The van der Waals surface area contributed by atoms with E-state index in [1.165, 1.54) is 0 Å². The van der Waals surface area contributed by atoms with Crippen LogP contribution in [0, 0.1) is 0 Å². The van der Waals surface area contributed by atoms with Gasteiger partial charge >= 0.3 is 5.97 Å². The highest BCUT2D eigenvalue weighted by molar-refractivity contribution is 6.03. The van der Waals surface area contributed by atoms with Crippen LogP contribution in [0.3, 0.4) is 0 Å². The van der Waals surface area contributed by atoms with E-state index in [4.69, 9.17) is 0 Å². The van der Waals surface area contributed by atoms with Gasteiger partial charge in [-0.25, -0.2) is 4.79 Å². The molecular weight excluding hydrogens is 242 g/mol. The number of carboxylic acids is 1. The normalized spacial score (nSPS) is 19.0. The first kappa shape index (κ1) is 11.9. The van der Waals surface area contributed by atoms with Gasteiger partial charge in [-0.2, -0.15) is 0 Å². The Morgan fingerprint density at radius 2 is 2.16 bits per heavy atom. The lowest BCUT2D eigenvalue weighted by atomic mass is 10.1. The highest BCUT2D eigenvalue weighted by Crippen LogP contribution is 2.33. The Labute approximate surface area is 110 Å². The van der Waals surface area contributed by atoms with Crippen molar-refractivity contribution in [2.75, 3.05) is 11.4 Å². The summed E-state index contributed by atoms with van der Waals surface area (Å²) in [5, 5.41) is 18.1. The number of aromatic nitrogens is 2. The van der Waals surface area contributed by atoms with Crippen molar-refractivity contribution in [3.8, 4) is 0 Å². The average Bonchev–Trinajstić information content (AvgIpc) is 2.83. The van der Waals surface area contributed by atoms with Crippen LogP contribution in [0.1, 0.15) is 30.3 Å². The fourth-order valence-corrected chi connectivity index (χ4v) is 2.74. The van der Waals surface area contributed by atoms with E-state index in [9.17, 15) is 9.90 Å². The maximum atomic E-state index is 11.4. The molecule has 1 fully saturated rings. The molecular formula is C14H15N3O2. The minimum Gasteiger partial charge on any atom is -0.476 e. The maximum absolute atomic E-state index is 11.4. The van der Waals surface area contributed by atoms with Crippen molar-refractivity contribution in [3.63, 3.8) is 0 Å². The van der Waals surface area contributed by atoms with E-state index in [-0.39, 0.29) is 5.69 Å². The van der Waals surface area contributed by atoms with Gasteiger partial charge in [-0.15, -0.1) is 10.2 Å². The fourth-order valence-electron chi connectivity index (χ4n) is 2.74. The van der Waals surface area contributed by atoms with Crippen molar-refractivity contribution in [2.45, 2.75) is 25.8 Å². The van der Waals surface area contributed by atoms with Crippen molar-refractivity contribution in [1.29, 1.82) is 0 Å². The third-order valence-corrected chi connectivity index (χ3v) is 3.68. The topological polar surface area (TPSA) is 66.3 Å². The monoisotopic (exact) mass is 257 g/mol. The fraction of sp³-hybridized carbons (Fsp3) is 0.357. The Morgan fingerprint density at radius 3 is 2.84 bits per heavy atom. The van der Waals surface area contributed by atoms with Gasteiger partial charge in [0.15, 0.2) is 5.69 Å². The number of nitrogens with zero attached hydrogens (tertiary/aromatic N) is 3. The predicted molar refractivity (Wildman–Crippen MR) is 72.5 cm³/mol. The van der Waals surface area contributed by atoms with E-state index in [0.717, 1.165) is 30.3 Å². The molecule has 0 spiro atoms. The minimum atomic E-state index is -1.02. The minimum absolute atomic E-state index is 0.0486. The number of benzene rings is 1. The van der Waals surface area contributed by atoms with Crippen LogP contribution in [0.5, 0.6) is 0 Å². The van der Waals surface area contributed by atoms with Crippen molar-refractivity contribution in [1.82, 2.24) is 10.2 Å². The molecule has 19 heavy (non-hydrogen) atoms. The van der Waals surface area contributed by atoms with Crippen LogP contribution >= 0.6 is 0 Å². The molecule has 98 valence electrons. The number of aromatic carboxylic acids is 1. The molecule has 2 heterocycles. The third-order valence-electron chi connectivity index (χ3n) is 3.68. The number of carbonyl (C=O) groups is 1. The quantitative estimate of drug-likeness (QED) is 0.894. The predicted octanol–water partition coefficient (Wildman–Crippen LogP) is 2.32. The summed E-state index contributed by atoms with van der Waals surface area (Å²) in [4.78, 5) is 13.5. The molecule has 1 atom stereocenters. The summed E-state index contributed by atoms with van der Waals surface area (Å²) in [5.41, 5.74) is 1.50. The molecule has 5 heteroatoms. The van der Waals surface area contributed by atoms with Crippen molar-refractivity contribution in [3.05, 3.63) is 30.0 Å². The zero-order chi connectivity index (χ0) is 13.4. The number of hydrogen-bond donors (Lipinski definition) is 1. The van der Waals surface area contributed by atoms with Gasteiger partial charge in [-0.05, 0) is 25.8 Å². The van der Waals surface area contributed by atoms with Gasteiger partial charge in [0.25, 0.3) is 0 Å². The van der Waals surface area contributed by atoms with Crippen LogP contribution in [0.2, 0.25) is 0 Å². The van der Waals surface area contributed by atoms with Crippen molar-refractivity contribution < 1.29 is 9.90 Å². The summed E-state index contributed by atoms with van der Waals surface area (Å²) >= 11 is 0. The molecule has 1 aliphatic rings. The molecule has 0 amide bonds. The Bertz CT molecular complexity index is 642. The van der Waals surface area contributed by atoms with E-state index in [2.05, 4.69) is 22.0 Å². The van der Waals surface area contributed by atoms with Crippen molar-refractivity contribution in [2.24, 2.45) is 0 Å². The highest BCUT2D eigenvalue weighted by atomic mass is 16.4. The Hall–Kier alpha value is -2.17. The summed E-state index contributed by atoms with van der Waals surface area (Å²) in [7, 11) is 0. The summed E-state index contributed by atoms with van der Waals surface area (Å²) in [6.45, 7) is 2.99. The van der Waals surface area contributed by atoms with Gasteiger partial charge in [-0.1, -0.05) is 18.2 Å². The number of anilines is 1. The summed E-state index contributed by atoms with van der Waals surface area (Å²) in [5.74, 6) is -1.02. The third kappa shape index (κ3) is 1.91. The Morgan fingerprint density at radius 1 is 1.37 bits per heavy atom. The smallest absolute Gasteiger partial charge is 0.358 e. The summed E-state index contributed by atoms with van der Waals surface area (Å²) < 4.78 is 0. The SMILES string of the molecule is CC1CCCN1c1c(C(=O)O)nnc2ccccc12. The summed E-state index contributed by atoms with van der Waals surface area (Å²) in [6, 6.07) is 7.90. The summed E-state index contributed by atoms with van der Waals surface area (Å²) in [6.07, 6.45) is 2.16. The molecule has 0 saturated carbocycles. The van der Waals surface area contributed by atoms with E-state index in [0.29, 0.717) is 11.7 Å². The first-order chi connectivity index (χ1) is 9.18. The number of hydrogen-bond acceptors (Lipinski definition) is 4. The first-order valence-electron chi connectivity index (χ1n) is 6.44. The second-order valence-electron chi connectivity index (χ2n) is 4.90. The van der Waals surface area contributed by atoms with Gasteiger partial charge in [0.2, 0.25) is 0 Å².